The van der Waals surface area contributed by atoms with Gasteiger partial charge in [-0.15, -0.1) is 0 Å². The zero-order chi connectivity index (χ0) is 22.8. The minimum atomic E-state index is -0.142. The van der Waals surface area contributed by atoms with Crippen molar-refractivity contribution in [2.24, 2.45) is 5.84 Å². The average molecular weight is 456 g/mol. The zero-order valence-corrected chi connectivity index (χ0v) is 18.5. The van der Waals surface area contributed by atoms with Gasteiger partial charge in [-0.25, -0.2) is 5.84 Å². The van der Waals surface area contributed by atoms with E-state index in [2.05, 4.69) is 27.4 Å². The molecule has 2 aromatic heterocycles. The number of nitrogens with one attached hydrogen (secondary N) is 1. The van der Waals surface area contributed by atoms with Crippen molar-refractivity contribution in [1.29, 1.82) is 0 Å². The van der Waals surface area contributed by atoms with Gasteiger partial charge in [-0.05, 0) is 59.2 Å². The molecule has 0 fully saturated rings. The van der Waals surface area contributed by atoms with Crippen LogP contribution < -0.4 is 11.2 Å². The molecule has 7 heteroatoms. The van der Waals surface area contributed by atoms with Gasteiger partial charge in [0.2, 0.25) is 0 Å². The Hall–Kier alpha value is -3.74. The highest BCUT2D eigenvalue weighted by molar-refractivity contribution is 6.31. The summed E-state index contributed by atoms with van der Waals surface area (Å²) in [6.45, 7) is 0.431. The summed E-state index contributed by atoms with van der Waals surface area (Å²) in [7, 11) is 0. The van der Waals surface area contributed by atoms with E-state index in [1.807, 2.05) is 61.0 Å². The third-order valence-electron chi connectivity index (χ3n) is 5.67. The van der Waals surface area contributed by atoms with Crippen molar-refractivity contribution in [3.63, 3.8) is 0 Å². The Labute approximate surface area is 196 Å². The molecule has 6 nitrogen and oxygen atoms in total. The fourth-order valence-corrected chi connectivity index (χ4v) is 4.18. The van der Waals surface area contributed by atoms with Crippen LogP contribution in [0.5, 0.6) is 0 Å². The van der Waals surface area contributed by atoms with Crippen LogP contribution in [0, 0.1) is 0 Å². The number of fused-ring (bicyclic) bond motifs is 2. The Kier molecular flexibility index (Phi) is 5.77. The first-order valence-electron chi connectivity index (χ1n) is 10.6. The van der Waals surface area contributed by atoms with E-state index >= 15 is 0 Å². The van der Waals surface area contributed by atoms with Gasteiger partial charge in [-0.3, -0.25) is 14.8 Å². The van der Waals surface area contributed by atoms with Gasteiger partial charge in [0.25, 0.3) is 5.91 Å². The molecule has 3 heterocycles. The number of pyridine rings is 2. The Bertz CT molecular complexity index is 1360. The number of hydrazine groups is 1. The number of hydrogen-bond acceptors (Lipinski definition) is 5. The van der Waals surface area contributed by atoms with Crippen LogP contribution in [0.2, 0.25) is 5.02 Å². The second-order valence-electron chi connectivity index (χ2n) is 8.05. The number of hydrogen-bond donors (Lipinski definition) is 2. The van der Waals surface area contributed by atoms with Gasteiger partial charge in [0.1, 0.15) is 0 Å². The number of halogens is 1. The lowest BCUT2D eigenvalue weighted by molar-refractivity contribution is 0.0957. The minimum absolute atomic E-state index is 0.0397. The highest BCUT2D eigenvalue weighted by Crippen LogP contribution is 2.23. The van der Waals surface area contributed by atoms with Crippen LogP contribution >= 0.6 is 11.6 Å². The van der Waals surface area contributed by atoms with Gasteiger partial charge in [-0.2, -0.15) is 0 Å². The Morgan fingerprint density at radius 1 is 1.18 bits per heavy atom. The molecule has 1 aliphatic heterocycles. The van der Waals surface area contributed by atoms with Crippen LogP contribution in [-0.4, -0.2) is 33.5 Å². The first-order chi connectivity index (χ1) is 16.0. The molecule has 3 N–H and O–H groups in total. The lowest BCUT2D eigenvalue weighted by Gasteiger charge is -2.29. The van der Waals surface area contributed by atoms with Gasteiger partial charge in [-0.1, -0.05) is 35.9 Å². The normalized spacial score (nSPS) is 16.9. The number of nitrogens with two attached hydrogens (primary N) is 1. The molecule has 0 spiro atoms. The third-order valence-corrected chi connectivity index (χ3v) is 5.91. The molecule has 1 atom stereocenters. The molecule has 0 radical (unpaired) electrons. The quantitative estimate of drug-likeness (QED) is 0.566. The number of benzene rings is 1. The van der Waals surface area contributed by atoms with E-state index in [-0.39, 0.29) is 11.9 Å². The summed E-state index contributed by atoms with van der Waals surface area (Å²) in [5.74, 6) is 5.83. The number of allylic oxidation sites excluding steroid dienone is 2. The van der Waals surface area contributed by atoms with Crippen molar-refractivity contribution in [3.05, 3.63) is 118 Å². The smallest absolute Gasteiger partial charge is 0.251 e. The van der Waals surface area contributed by atoms with Gasteiger partial charge < -0.3 is 10.3 Å². The number of rotatable bonds is 5. The maximum absolute atomic E-state index is 12.8. The van der Waals surface area contributed by atoms with Gasteiger partial charge in [0.05, 0.1) is 11.6 Å². The molecule has 0 bridgehead atoms. The summed E-state index contributed by atoms with van der Waals surface area (Å²) < 4.78 is 0. The largest absolute Gasteiger partial charge is 0.348 e. The summed E-state index contributed by atoms with van der Waals surface area (Å²) in [5.41, 5.74) is 5.38. The van der Waals surface area contributed by atoms with Crippen molar-refractivity contribution in [1.82, 2.24) is 20.3 Å². The van der Waals surface area contributed by atoms with Crippen molar-refractivity contribution < 1.29 is 4.79 Å². The first kappa shape index (κ1) is 21.1. The lowest BCUT2D eigenvalue weighted by atomic mass is 9.95. The summed E-state index contributed by atoms with van der Waals surface area (Å²) in [6, 6.07) is 11.3. The van der Waals surface area contributed by atoms with Crippen molar-refractivity contribution in [3.8, 4) is 0 Å². The molecular weight excluding hydrogens is 434 g/mol. The van der Waals surface area contributed by atoms with Crippen LogP contribution in [0.1, 0.15) is 21.6 Å². The molecule has 0 saturated heterocycles. The lowest BCUT2D eigenvalue weighted by Crippen LogP contribution is -2.38. The molecule has 5 rings (SSSR count). The van der Waals surface area contributed by atoms with Crippen LogP contribution in [-0.2, 0) is 6.42 Å². The van der Waals surface area contributed by atoms with E-state index < -0.39 is 0 Å². The topological polar surface area (TPSA) is 84.1 Å². The van der Waals surface area contributed by atoms with Crippen molar-refractivity contribution >= 4 is 28.4 Å². The van der Waals surface area contributed by atoms with Gasteiger partial charge in [0, 0.05) is 53.2 Å². The standard InChI is InChI=1S/C26H22ClN5O/c27-22-4-5-24-21(13-22)11-18(16-30-24)12-23-14-20(7-8-29-23)26(33)31-15-17-3-6-25-19(10-17)2-1-9-32(25)28/h1-11,13-14,16,25H,12,15,28H2,(H,31,33). The maximum atomic E-state index is 12.8. The number of amides is 1. The number of carbonyl (C=O) groups excluding carboxylic acids is 1. The second-order valence-corrected chi connectivity index (χ2v) is 8.49. The molecule has 0 saturated carbocycles. The molecule has 1 unspecified atom stereocenters. The molecule has 3 aromatic rings. The summed E-state index contributed by atoms with van der Waals surface area (Å²) in [5, 5.41) is 6.31. The van der Waals surface area contributed by atoms with Crippen LogP contribution in [0.25, 0.3) is 10.9 Å². The number of carbonyl (C=O) groups is 1. The van der Waals surface area contributed by atoms with E-state index in [0.29, 0.717) is 23.6 Å². The van der Waals surface area contributed by atoms with E-state index in [4.69, 9.17) is 17.4 Å². The highest BCUT2D eigenvalue weighted by Gasteiger charge is 2.19. The summed E-state index contributed by atoms with van der Waals surface area (Å²) in [4.78, 5) is 21.7. The molecule has 33 heavy (non-hydrogen) atoms. The Morgan fingerprint density at radius 2 is 2.09 bits per heavy atom. The zero-order valence-electron chi connectivity index (χ0n) is 17.8. The number of nitrogens with zero attached hydrogens (tertiary/aromatic N) is 3. The predicted molar refractivity (Wildman–Crippen MR) is 130 cm³/mol. The van der Waals surface area contributed by atoms with Crippen LogP contribution in [0.15, 0.2) is 96.5 Å². The highest BCUT2D eigenvalue weighted by atomic mass is 35.5. The van der Waals surface area contributed by atoms with Crippen molar-refractivity contribution in [2.75, 3.05) is 6.54 Å². The molecule has 1 aliphatic carbocycles. The van der Waals surface area contributed by atoms with Gasteiger partial charge >= 0.3 is 0 Å². The molecule has 2 aliphatic rings. The fourth-order valence-electron chi connectivity index (χ4n) is 4.00. The minimum Gasteiger partial charge on any atom is -0.348 e. The molecule has 1 amide bonds. The Morgan fingerprint density at radius 3 is 3.00 bits per heavy atom. The second kappa shape index (κ2) is 9.02. The van der Waals surface area contributed by atoms with Crippen LogP contribution in [0.4, 0.5) is 0 Å². The number of aromatic nitrogens is 2. The van der Waals surface area contributed by atoms with E-state index in [9.17, 15) is 4.79 Å². The van der Waals surface area contributed by atoms with Crippen molar-refractivity contribution in [2.45, 2.75) is 12.5 Å². The SMILES string of the molecule is NN1C=CC=C2C=C(CNC(=O)c3ccnc(Cc4cnc5ccc(Cl)cc5c4)c3)C=CC21. The summed E-state index contributed by atoms with van der Waals surface area (Å²) >= 11 is 6.11. The van der Waals surface area contributed by atoms with Gasteiger partial charge in [0.15, 0.2) is 0 Å². The molecule has 1 aromatic carbocycles. The molecular formula is C26H22ClN5O. The fraction of sp³-hybridized carbons (Fsp3) is 0.115. The first-order valence-corrected chi connectivity index (χ1v) is 11.0. The van der Waals surface area contributed by atoms with E-state index in [0.717, 1.165) is 33.3 Å². The molecule has 164 valence electrons. The Balaban J connectivity index is 1.25. The monoisotopic (exact) mass is 455 g/mol. The average Bonchev–Trinajstić information content (AvgIpc) is 2.82. The summed E-state index contributed by atoms with van der Waals surface area (Å²) in [6.07, 6.45) is 15.9. The third kappa shape index (κ3) is 4.72. The van der Waals surface area contributed by atoms with E-state index in [1.54, 1.807) is 17.3 Å². The van der Waals surface area contributed by atoms with Crippen LogP contribution in [0.3, 0.4) is 0 Å². The maximum Gasteiger partial charge on any atom is 0.251 e. The predicted octanol–water partition coefficient (Wildman–Crippen LogP) is 4.10. The van der Waals surface area contributed by atoms with E-state index in [1.165, 1.54) is 0 Å².